The fraction of sp³-hybridized carbons (Fsp3) is 0.545. The summed E-state index contributed by atoms with van der Waals surface area (Å²) in [7, 11) is 0. The van der Waals surface area contributed by atoms with Crippen LogP contribution in [0.25, 0.3) is 0 Å². The average molecular weight is 560 g/mol. The molecule has 0 amide bonds. The van der Waals surface area contributed by atoms with Crippen LogP contribution in [-0.4, -0.2) is 11.9 Å². The molecule has 0 bridgehead atoms. The van der Waals surface area contributed by atoms with Crippen LogP contribution in [0.5, 0.6) is 0 Å². The molecule has 0 aliphatic heterocycles. The van der Waals surface area contributed by atoms with Crippen LogP contribution in [0.15, 0.2) is 42.5 Å². The van der Waals surface area contributed by atoms with E-state index in [0.717, 1.165) is 45.4 Å². The third kappa shape index (κ3) is 18.0. The molecule has 1 aromatic rings. The molecule has 1 aromatic carbocycles. The number of hydrogen-bond acceptors (Lipinski definition) is 4. The van der Waals surface area contributed by atoms with E-state index in [0.29, 0.717) is 0 Å². The second kappa shape index (κ2) is 18.2. The van der Waals surface area contributed by atoms with E-state index in [1.807, 2.05) is 0 Å². The van der Waals surface area contributed by atoms with E-state index in [4.69, 9.17) is 0 Å². The molecule has 4 nitrogen and oxygen atoms in total. The standard InChI is InChI=1S/C16H28O4.C6H5.Hg/c1-2-3-4-5-6-7-8-9-10-11-12-14(16(19)20)13-15(17)18;1-2-4-6-5-3-1;/h11-12,14H,2-10,13H2,1H3,(H,17,18)(H,19,20);1-5H;/q;;+2/p-2. The molecule has 1 rings (SSSR count). The van der Waals surface area contributed by atoms with Gasteiger partial charge in [-0.05, 0) is 19.3 Å². The van der Waals surface area contributed by atoms with Gasteiger partial charge in [0, 0.05) is 17.9 Å². The zero-order valence-electron chi connectivity index (χ0n) is 16.5. The number of hydrogen-bond donors (Lipinski definition) is 0. The van der Waals surface area contributed by atoms with Crippen LogP contribution < -0.4 is 13.3 Å². The van der Waals surface area contributed by atoms with Crippen LogP contribution in [0.1, 0.15) is 71.1 Å². The van der Waals surface area contributed by atoms with Gasteiger partial charge in [0.2, 0.25) is 0 Å². The number of benzene rings is 1. The molecule has 0 aliphatic rings. The van der Waals surface area contributed by atoms with Gasteiger partial charge in [-0.2, -0.15) is 0 Å². The summed E-state index contributed by atoms with van der Waals surface area (Å²) in [5.74, 6) is -3.80. The van der Waals surface area contributed by atoms with Crippen LogP contribution in [0.4, 0.5) is 0 Å². The number of carboxylic acid groups (broad SMARTS) is 2. The van der Waals surface area contributed by atoms with E-state index >= 15 is 0 Å². The Bertz CT molecular complexity index is 528. The summed E-state index contributed by atoms with van der Waals surface area (Å²) >= 11 is 0.810. The van der Waals surface area contributed by atoms with Gasteiger partial charge in [0.25, 0.3) is 0 Å². The van der Waals surface area contributed by atoms with E-state index in [1.54, 1.807) is 6.08 Å². The molecule has 0 saturated heterocycles. The molecule has 0 aliphatic carbocycles. The molecule has 145 valence electrons. The summed E-state index contributed by atoms with van der Waals surface area (Å²) in [5.41, 5.74) is 0. The van der Waals surface area contributed by atoms with E-state index in [2.05, 4.69) is 37.3 Å². The van der Waals surface area contributed by atoms with Crippen molar-refractivity contribution < 1.29 is 45.9 Å². The normalized spacial score (nSPS) is 11.7. The number of carboxylic acids is 2. The van der Waals surface area contributed by atoms with Crippen LogP contribution in [0.3, 0.4) is 0 Å². The van der Waals surface area contributed by atoms with Gasteiger partial charge in [-0.3, -0.25) is 0 Å². The van der Waals surface area contributed by atoms with Gasteiger partial charge in [0.15, 0.2) is 0 Å². The fourth-order valence-electron chi connectivity index (χ4n) is 2.54. The average Bonchev–Trinajstić information content (AvgIpc) is 2.63. The third-order valence-electron chi connectivity index (χ3n) is 4.12. The molecule has 0 heterocycles. The zero-order chi connectivity index (χ0) is 20.3. The molecule has 0 N–H and O–H groups in total. The quantitative estimate of drug-likeness (QED) is 0.211. The predicted molar refractivity (Wildman–Crippen MR) is 101 cm³/mol. The Kier molecular flexibility index (Phi) is 17.4. The van der Waals surface area contributed by atoms with Crippen molar-refractivity contribution in [1.82, 2.24) is 0 Å². The van der Waals surface area contributed by atoms with Crippen molar-refractivity contribution in [2.45, 2.75) is 71.1 Å². The Morgan fingerprint density at radius 1 is 0.963 bits per heavy atom. The Hall–Kier alpha value is -1.16. The molecule has 27 heavy (non-hydrogen) atoms. The molecular weight excluding hydrogens is 529 g/mol. The van der Waals surface area contributed by atoms with Crippen LogP contribution in [0, 0.1) is 5.92 Å². The van der Waals surface area contributed by atoms with Crippen molar-refractivity contribution in [2.24, 2.45) is 5.92 Å². The molecule has 1 atom stereocenters. The molecule has 0 spiro atoms. The van der Waals surface area contributed by atoms with Gasteiger partial charge in [0.05, 0.1) is 0 Å². The Labute approximate surface area is 180 Å². The number of rotatable bonds is 13. The second-order valence-corrected chi connectivity index (χ2v) is 9.85. The molecule has 0 radical (unpaired) electrons. The predicted octanol–water partition coefficient (Wildman–Crippen LogP) is 2.44. The van der Waals surface area contributed by atoms with Crippen LogP contribution >= 0.6 is 0 Å². The van der Waals surface area contributed by atoms with Crippen molar-refractivity contribution in [1.29, 1.82) is 0 Å². The summed E-state index contributed by atoms with van der Waals surface area (Å²) < 4.78 is 1.52. The van der Waals surface area contributed by atoms with Gasteiger partial charge < -0.3 is 19.8 Å². The Morgan fingerprint density at radius 3 is 1.96 bits per heavy atom. The summed E-state index contributed by atoms with van der Waals surface area (Å²) in [5, 5.41) is 21.0. The molecule has 0 fully saturated rings. The first-order valence-electron chi connectivity index (χ1n) is 9.91. The van der Waals surface area contributed by atoms with Gasteiger partial charge in [-0.15, -0.1) is 0 Å². The molecule has 0 aromatic heterocycles. The SMILES string of the molecule is CCCCCCCCCCC=CC(CC(=O)[O-])C(=O)[O-].[Hg+2][c]1ccccc1. The topological polar surface area (TPSA) is 80.3 Å². The number of allylic oxidation sites excluding steroid dienone is 1. The summed E-state index contributed by atoms with van der Waals surface area (Å²) in [6.45, 7) is 2.20. The second-order valence-electron chi connectivity index (χ2n) is 6.68. The summed E-state index contributed by atoms with van der Waals surface area (Å²) in [6, 6.07) is 10.6. The number of carbonyl (C=O) groups is 2. The maximum atomic E-state index is 10.7. The zero-order valence-corrected chi connectivity index (χ0v) is 22.0. The first kappa shape index (κ1) is 25.8. The van der Waals surface area contributed by atoms with E-state index < -0.39 is 24.3 Å². The number of aliphatic carboxylic acids is 2. The van der Waals surface area contributed by atoms with Gasteiger partial charge in [-0.1, -0.05) is 64.0 Å². The maximum absolute atomic E-state index is 10.7. The molecule has 1 unspecified atom stereocenters. The van der Waals surface area contributed by atoms with Gasteiger partial charge >= 0.3 is 59.5 Å². The Balaban J connectivity index is 0.000000797. The number of carbonyl (C=O) groups excluding carboxylic acids is 2. The molecular formula is C22H31HgO4. The monoisotopic (exact) mass is 561 g/mol. The van der Waals surface area contributed by atoms with Crippen molar-refractivity contribution in [3.8, 4) is 0 Å². The van der Waals surface area contributed by atoms with Gasteiger partial charge in [-0.25, -0.2) is 0 Å². The summed E-state index contributed by atoms with van der Waals surface area (Å²) in [6.07, 6.45) is 13.2. The van der Waals surface area contributed by atoms with E-state index in [9.17, 15) is 19.8 Å². The van der Waals surface area contributed by atoms with Crippen molar-refractivity contribution in [2.75, 3.05) is 0 Å². The van der Waals surface area contributed by atoms with E-state index in [1.165, 1.54) is 47.7 Å². The van der Waals surface area contributed by atoms with Crippen LogP contribution in [-0.2, 0) is 35.7 Å². The van der Waals surface area contributed by atoms with Crippen molar-refractivity contribution >= 4 is 15.0 Å². The first-order chi connectivity index (χ1) is 13.0. The van der Waals surface area contributed by atoms with Gasteiger partial charge in [0.1, 0.15) is 0 Å². The number of unbranched alkanes of at least 4 members (excludes halogenated alkanes) is 8. The van der Waals surface area contributed by atoms with Crippen LogP contribution in [0.2, 0.25) is 0 Å². The fourth-order valence-corrected chi connectivity index (χ4v) is 3.60. The first-order valence-corrected chi connectivity index (χ1v) is 12.7. The molecule has 0 saturated carbocycles. The summed E-state index contributed by atoms with van der Waals surface area (Å²) in [4.78, 5) is 21.0. The Morgan fingerprint density at radius 2 is 1.52 bits per heavy atom. The van der Waals surface area contributed by atoms with Crippen molar-refractivity contribution in [3.63, 3.8) is 0 Å². The minimum absolute atomic E-state index is 0.518. The minimum atomic E-state index is -1.36. The van der Waals surface area contributed by atoms with E-state index in [-0.39, 0.29) is 0 Å². The third-order valence-corrected chi connectivity index (χ3v) is 5.96. The molecule has 5 heteroatoms. The van der Waals surface area contributed by atoms with Crippen molar-refractivity contribution in [3.05, 3.63) is 42.5 Å².